The van der Waals surface area contributed by atoms with E-state index in [1.165, 1.54) is 11.8 Å². The van der Waals surface area contributed by atoms with Crippen molar-refractivity contribution in [3.8, 4) is 11.5 Å². The Kier molecular flexibility index (Phi) is 5.64. The van der Waals surface area contributed by atoms with Crippen LogP contribution in [0.1, 0.15) is 12.5 Å². The van der Waals surface area contributed by atoms with Gasteiger partial charge in [-0.2, -0.15) is 0 Å². The maximum atomic E-state index is 12.5. The van der Waals surface area contributed by atoms with Gasteiger partial charge in [0.05, 0.1) is 17.2 Å². The average molecular weight is 474 g/mol. The summed E-state index contributed by atoms with van der Waals surface area (Å²) in [7, 11) is 0. The molecule has 148 valence electrons. The number of hydrogen-bond donors (Lipinski definition) is 1. The van der Waals surface area contributed by atoms with Gasteiger partial charge in [-0.3, -0.25) is 0 Å². The van der Waals surface area contributed by atoms with Crippen LogP contribution in [0.4, 0.5) is 5.69 Å². The van der Waals surface area contributed by atoms with Crippen molar-refractivity contribution in [2.45, 2.75) is 6.92 Å². The number of ether oxygens (including phenoxy) is 3. The van der Waals surface area contributed by atoms with Crippen LogP contribution in [0.5, 0.6) is 11.5 Å². The summed E-state index contributed by atoms with van der Waals surface area (Å²) in [6.07, 6.45) is 1.76. The Morgan fingerprint density at radius 1 is 1.28 bits per heavy atom. The summed E-state index contributed by atoms with van der Waals surface area (Å²) < 4.78 is 16.7. The topological polar surface area (TPSA) is 77.4 Å². The van der Waals surface area contributed by atoms with Gasteiger partial charge in [0.1, 0.15) is 16.4 Å². The number of fused-ring (bicyclic) bond motifs is 1. The molecule has 0 unspecified atom stereocenters. The van der Waals surface area contributed by atoms with Gasteiger partial charge in [-0.05, 0) is 42.8 Å². The summed E-state index contributed by atoms with van der Waals surface area (Å²) in [5, 5.41) is 11.2. The normalized spacial score (nSPS) is 18.0. The zero-order chi connectivity index (χ0) is 20.4. The molecule has 0 aliphatic carbocycles. The third kappa shape index (κ3) is 4.04. The minimum Gasteiger partial charge on any atom is -0.506 e. The second-order valence-corrected chi connectivity index (χ2v) is 7.92. The first kappa shape index (κ1) is 19.6. The Balaban J connectivity index is 1.76. The number of benzene rings is 2. The highest BCUT2D eigenvalue weighted by molar-refractivity contribution is 9.10. The van der Waals surface area contributed by atoms with Crippen LogP contribution in [0.15, 0.2) is 68.2 Å². The van der Waals surface area contributed by atoms with Crippen LogP contribution < -0.4 is 9.47 Å². The van der Waals surface area contributed by atoms with Gasteiger partial charge >= 0.3 is 5.97 Å². The van der Waals surface area contributed by atoms with Gasteiger partial charge in [0, 0.05) is 4.47 Å². The molecule has 29 heavy (non-hydrogen) atoms. The second kappa shape index (κ2) is 8.34. The summed E-state index contributed by atoms with van der Waals surface area (Å²) in [6.45, 7) is 2.08. The monoisotopic (exact) mass is 473 g/mol. The highest BCUT2D eigenvalue weighted by Crippen LogP contribution is 2.43. The largest absolute Gasteiger partial charge is 0.506 e. The van der Waals surface area contributed by atoms with E-state index >= 15 is 0 Å². The van der Waals surface area contributed by atoms with E-state index < -0.39 is 5.97 Å². The fourth-order valence-corrected chi connectivity index (χ4v) is 4.26. The van der Waals surface area contributed by atoms with Gasteiger partial charge in [0.15, 0.2) is 11.5 Å². The van der Waals surface area contributed by atoms with E-state index in [0.29, 0.717) is 27.1 Å². The number of nitrogens with zero attached hydrogens (tertiary/aromatic N) is 1. The van der Waals surface area contributed by atoms with Gasteiger partial charge < -0.3 is 19.3 Å². The van der Waals surface area contributed by atoms with Crippen LogP contribution in [0.25, 0.3) is 6.08 Å². The highest BCUT2D eigenvalue weighted by atomic mass is 79.9. The van der Waals surface area contributed by atoms with E-state index in [0.717, 1.165) is 10.0 Å². The van der Waals surface area contributed by atoms with E-state index in [1.807, 2.05) is 36.4 Å². The van der Waals surface area contributed by atoms with Crippen molar-refractivity contribution in [1.29, 1.82) is 0 Å². The molecule has 0 atom stereocenters. The molecule has 0 amide bonds. The lowest BCUT2D eigenvalue weighted by atomic mass is 10.1. The molecule has 6 nitrogen and oxygen atoms in total. The molecule has 2 heterocycles. The summed E-state index contributed by atoms with van der Waals surface area (Å²) in [6, 6.07) is 12.9. The number of rotatable bonds is 4. The smallest absolute Gasteiger partial charge is 0.344 e. The van der Waals surface area contributed by atoms with Crippen molar-refractivity contribution in [2.24, 2.45) is 4.99 Å². The predicted molar refractivity (Wildman–Crippen MR) is 116 cm³/mol. The quantitative estimate of drug-likeness (QED) is 0.601. The molecule has 0 fully saturated rings. The van der Waals surface area contributed by atoms with E-state index in [4.69, 9.17) is 14.2 Å². The Bertz CT molecular complexity index is 1060. The first-order valence-corrected chi connectivity index (χ1v) is 10.4. The fourth-order valence-electron chi connectivity index (χ4n) is 2.80. The van der Waals surface area contributed by atoms with E-state index in [2.05, 4.69) is 20.9 Å². The maximum Gasteiger partial charge on any atom is 0.344 e. The zero-order valence-electron chi connectivity index (χ0n) is 15.3. The van der Waals surface area contributed by atoms with Crippen LogP contribution in [0.3, 0.4) is 0 Å². The van der Waals surface area contributed by atoms with Crippen molar-refractivity contribution in [3.05, 3.63) is 68.7 Å². The number of esters is 1. The van der Waals surface area contributed by atoms with E-state index in [9.17, 15) is 9.90 Å². The number of aliphatic hydroxyl groups is 1. The van der Waals surface area contributed by atoms with Crippen LogP contribution >= 0.6 is 27.7 Å². The van der Waals surface area contributed by atoms with Crippen LogP contribution in [0, 0.1) is 0 Å². The van der Waals surface area contributed by atoms with Crippen LogP contribution in [-0.2, 0) is 9.53 Å². The van der Waals surface area contributed by atoms with E-state index in [1.54, 1.807) is 19.1 Å². The molecular weight excluding hydrogens is 458 g/mol. The predicted octanol–water partition coefficient (Wildman–Crippen LogP) is 5.37. The van der Waals surface area contributed by atoms with Crippen molar-refractivity contribution in [3.63, 3.8) is 0 Å². The molecule has 2 aliphatic heterocycles. The number of thioether (sulfide) groups is 1. The van der Waals surface area contributed by atoms with Gasteiger partial charge in [-0.1, -0.05) is 45.9 Å². The molecule has 0 spiro atoms. The molecule has 2 aliphatic rings. The minimum absolute atomic E-state index is 0.0591. The molecule has 0 saturated heterocycles. The lowest BCUT2D eigenvalue weighted by Crippen LogP contribution is -2.12. The first-order valence-electron chi connectivity index (χ1n) is 8.80. The van der Waals surface area contributed by atoms with Crippen LogP contribution in [0.2, 0.25) is 0 Å². The third-order valence-corrected chi connectivity index (χ3v) is 5.84. The van der Waals surface area contributed by atoms with Crippen molar-refractivity contribution >= 4 is 50.5 Å². The Morgan fingerprint density at radius 2 is 2.00 bits per heavy atom. The number of carbonyl (C=O) groups is 1. The standard InChI is InChI=1S/C21H16BrNO5S/c1-2-26-21(25)18-19(24)17(29-20(18)23-13-6-4-3-5-7-13)9-12-8-15-16(10-14(12)22)28-11-27-15/h3-10,24H,2,11H2,1H3. The number of aliphatic hydroxyl groups excluding tert-OH is 1. The minimum atomic E-state index is -0.611. The fraction of sp³-hybridized carbons (Fsp3) is 0.143. The molecule has 2 aromatic rings. The molecule has 8 heteroatoms. The Hall–Kier alpha value is -2.71. The molecule has 4 rings (SSSR count). The van der Waals surface area contributed by atoms with Gasteiger partial charge in [0.25, 0.3) is 0 Å². The van der Waals surface area contributed by atoms with Gasteiger partial charge in [-0.15, -0.1) is 0 Å². The summed E-state index contributed by atoms with van der Waals surface area (Å²) in [4.78, 5) is 17.5. The molecule has 0 bridgehead atoms. The molecule has 1 N–H and O–H groups in total. The van der Waals surface area contributed by atoms with Gasteiger partial charge in [0.2, 0.25) is 6.79 Å². The number of aliphatic imine (C=N–C) groups is 1. The summed E-state index contributed by atoms with van der Waals surface area (Å²) >= 11 is 4.71. The molecule has 0 radical (unpaired) electrons. The summed E-state index contributed by atoms with van der Waals surface area (Å²) in [5.41, 5.74) is 1.51. The molecule has 0 saturated carbocycles. The summed E-state index contributed by atoms with van der Waals surface area (Å²) in [5.74, 6) is 0.500. The number of carbonyl (C=O) groups excluding carboxylic acids is 1. The number of halogens is 1. The zero-order valence-corrected chi connectivity index (χ0v) is 17.7. The highest BCUT2D eigenvalue weighted by Gasteiger charge is 2.33. The van der Waals surface area contributed by atoms with Crippen molar-refractivity contribution in [1.82, 2.24) is 0 Å². The first-order chi connectivity index (χ1) is 14.1. The Morgan fingerprint density at radius 3 is 2.72 bits per heavy atom. The molecular formula is C21H16BrNO5S. The third-order valence-electron chi connectivity index (χ3n) is 4.14. The average Bonchev–Trinajstić information content (AvgIpc) is 3.27. The maximum absolute atomic E-state index is 12.5. The number of para-hydroxylation sites is 1. The van der Waals surface area contributed by atoms with Crippen molar-refractivity contribution < 1.29 is 24.1 Å². The lowest BCUT2D eigenvalue weighted by molar-refractivity contribution is -0.138. The lowest BCUT2D eigenvalue weighted by Gasteiger charge is -2.04. The Labute approximate surface area is 180 Å². The SMILES string of the molecule is CCOC(=O)C1=C(O)C(=Cc2cc3c(cc2Br)OCO3)SC1=Nc1ccccc1. The molecule has 0 aromatic heterocycles. The second-order valence-electron chi connectivity index (χ2n) is 6.03. The number of hydrogen-bond acceptors (Lipinski definition) is 7. The van der Waals surface area contributed by atoms with Gasteiger partial charge in [-0.25, -0.2) is 9.79 Å². The van der Waals surface area contributed by atoms with Crippen molar-refractivity contribution in [2.75, 3.05) is 13.4 Å². The van der Waals surface area contributed by atoms with Crippen LogP contribution in [-0.4, -0.2) is 29.5 Å². The molecule has 2 aromatic carbocycles. The van der Waals surface area contributed by atoms with E-state index in [-0.39, 0.29) is 24.7 Å².